The highest BCUT2D eigenvalue weighted by Crippen LogP contribution is 2.61. The predicted molar refractivity (Wildman–Crippen MR) is 141 cm³/mol. The second-order valence-electron chi connectivity index (χ2n) is 13.2. The highest BCUT2D eigenvalue weighted by atomic mass is 16.7. The zero-order valence-corrected chi connectivity index (χ0v) is 23.6. The van der Waals surface area contributed by atoms with Crippen LogP contribution in [0.5, 0.6) is 0 Å². The van der Waals surface area contributed by atoms with E-state index in [2.05, 4.69) is 0 Å². The third kappa shape index (κ3) is 5.11. The molecule has 0 spiro atoms. The molecule has 0 bridgehead atoms. The SMILES string of the molecule is COC1CC(O[C@H]2CCC3C4CCC5C(C[C@H](OC(C)O)[C@@H]5C5=CC(=O)OC5)[C@]4(N)CC[C@@H]3C2)OC(C)C1O. The largest absolute Gasteiger partial charge is 0.458 e. The highest BCUT2D eigenvalue weighted by molar-refractivity contribution is 5.85. The van der Waals surface area contributed by atoms with Crippen molar-refractivity contribution in [1.82, 2.24) is 0 Å². The minimum Gasteiger partial charge on any atom is -0.458 e. The average molecular weight is 550 g/mol. The Kier molecular flexibility index (Phi) is 7.89. The summed E-state index contributed by atoms with van der Waals surface area (Å²) in [5.41, 5.74) is 8.22. The quantitative estimate of drug-likeness (QED) is 0.260. The van der Waals surface area contributed by atoms with E-state index in [1.165, 1.54) is 0 Å². The standard InChI is InChI=1S/C30H47NO8/c1-15-29(34)25(35-3)13-27(37-15)39-19-4-5-20-17(10-19)8-9-30(31)22(20)7-6-21-23(30)12-24(38-16(2)32)28(21)18-11-26(33)36-14-18/h11,15-17,19-25,27-29,32,34H,4-10,12-14,31H2,1-3H3/t15?,16?,17-,19+,20?,21?,22?,23?,24+,25?,27?,28-,29?,30+/m1/s1. The Bertz CT molecular complexity index is 942. The molecule has 9 heteroatoms. The molecular weight excluding hydrogens is 502 g/mol. The minimum atomic E-state index is -0.856. The smallest absolute Gasteiger partial charge is 0.331 e. The van der Waals surface area contributed by atoms with Gasteiger partial charge in [-0.15, -0.1) is 0 Å². The van der Waals surface area contributed by atoms with E-state index in [1.54, 1.807) is 20.1 Å². The van der Waals surface area contributed by atoms with Crippen LogP contribution in [0.1, 0.15) is 71.6 Å². The van der Waals surface area contributed by atoms with Crippen LogP contribution in [0, 0.1) is 35.5 Å². The number of rotatable bonds is 6. The third-order valence-corrected chi connectivity index (χ3v) is 11.3. The monoisotopic (exact) mass is 549 g/mol. The number of nitrogens with two attached hydrogens (primary N) is 1. The molecule has 4 N–H and O–H groups in total. The summed E-state index contributed by atoms with van der Waals surface area (Å²) in [5, 5.41) is 20.4. The molecule has 2 aliphatic heterocycles. The van der Waals surface area contributed by atoms with Crippen molar-refractivity contribution in [2.75, 3.05) is 13.7 Å². The van der Waals surface area contributed by atoms with Crippen molar-refractivity contribution >= 4 is 5.97 Å². The molecule has 4 aliphatic carbocycles. The van der Waals surface area contributed by atoms with Gasteiger partial charge < -0.3 is 39.6 Å². The number of carbonyl (C=O) groups is 1. The van der Waals surface area contributed by atoms with E-state index in [0.29, 0.717) is 42.6 Å². The van der Waals surface area contributed by atoms with Crippen LogP contribution in [-0.2, 0) is 28.5 Å². The summed E-state index contributed by atoms with van der Waals surface area (Å²) < 4.78 is 29.3. The zero-order chi connectivity index (χ0) is 27.5. The fraction of sp³-hybridized carbons (Fsp3) is 0.900. The Morgan fingerprint density at radius 2 is 1.87 bits per heavy atom. The lowest BCUT2D eigenvalue weighted by atomic mass is 9.49. The average Bonchev–Trinajstić information content (AvgIpc) is 3.48. The molecule has 0 aromatic rings. The Morgan fingerprint density at radius 1 is 1.08 bits per heavy atom. The lowest BCUT2D eigenvalue weighted by Gasteiger charge is -2.58. The molecule has 0 aromatic carbocycles. The molecule has 0 aromatic heterocycles. The molecule has 0 radical (unpaired) electrons. The first-order valence-electron chi connectivity index (χ1n) is 15.2. The van der Waals surface area contributed by atoms with E-state index < -0.39 is 12.4 Å². The summed E-state index contributed by atoms with van der Waals surface area (Å²) in [7, 11) is 1.63. The van der Waals surface area contributed by atoms with Crippen LogP contribution in [-0.4, -0.2) is 78.5 Å². The number of fused-ring (bicyclic) bond motifs is 5. The first-order chi connectivity index (χ1) is 18.7. The molecule has 14 atom stereocenters. The lowest BCUT2D eigenvalue weighted by Crippen LogP contribution is -2.63. The number of methoxy groups -OCH3 is 1. The maximum absolute atomic E-state index is 11.9. The second kappa shape index (κ2) is 11.0. The molecule has 0 amide bonds. The van der Waals surface area contributed by atoms with E-state index in [1.807, 2.05) is 6.92 Å². The Labute approximate surface area is 231 Å². The fourth-order valence-electron chi connectivity index (χ4n) is 9.69. The van der Waals surface area contributed by atoms with Crippen molar-refractivity contribution in [2.45, 2.75) is 120 Å². The van der Waals surface area contributed by atoms with Crippen LogP contribution in [0.25, 0.3) is 0 Å². The summed E-state index contributed by atoms with van der Waals surface area (Å²) in [6, 6.07) is 0. The predicted octanol–water partition coefficient (Wildman–Crippen LogP) is 2.66. The Balaban J connectivity index is 1.13. The number of aliphatic hydroxyl groups excluding tert-OH is 2. The normalized spacial score (nSPS) is 50.4. The molecule has 1 saturated heterocycles. The first kappa shape index (κ1) is 28.1. The van der Waals surface area contributed by atoms with Crippen molar-refractivity contribution < 1.29 is 38.7 Å². The summed E-state index contributed by atoms with van der Waals surface area (Å²) in [6.07, 6.45) is 8.02. The van der Waals surface area contributed by atoms with Crippen LogP contribution in [0.4, 0.5) is 0 Å². The van der Waals surface area contributed by atoms with Gasteiger partial charge in [-0.2, -0.15) is 0 Å². The molecule has 5 fully saturated rings. The van der Waals surface area contributed by atoms with Crippen molar-refractivity contribution in [1.29, 1.82) is 0 Å². The first-order valence-corrected chi connectivity index (χ1v) is 15.2. The van der Waals surface area contributed by atoms with Gasteiger partial charge in [0, 0.05) is 31.1 Å². The van der Waals surface area contributed by atoms with Gasteiger partial charge in [0.1, 0.15) is 12.7 Å². The van der Waals surface area contributed by atoms with Gasteiger partial charge >= 0.3 is 5.97 Å². The third-order valence-electron chi connectivity index (χ3n) is 11.3. The van der Waals surface area contributed by atoms with Gasteiger partial charge in [-0.3, -0.25) is 0 Å². The molecular formula is C30H47NO8. The van der Waals surface area contributed by atoms with Crippen LogP contribution in [0.15, 0.2) is 11.6 Å². The number of carbonyl (C=O) groups excluding carboxylic acids is 1. The Morgan fingerprint density at radius 3 is 2.59 bits per heavy atom. The molecule has 4 saturated carbocycles. The van der Waals surface area contributed by atoms with Crippen molar-refractivity contribution in [2.24, 2.45) is 41.2 Å². The number of cyclic esters (lactones) is 1. The fourth-order valence-corrected chi connectivity index (χ4v) is 9.69. The topological polar surface area (TPSA) is 130 Å². The van der Waals surface area contributed by atoms with Crippen LogP contribution >= 0.6 is 0 Å². The van der Waals surface area contributed by atoms with E-state index in [4.69, 9.17) is 29.4 Å². The van der Waals surface area contributed by atoms with Gasteiger partial charge in [-0.05, 0) is 100 Å². The maximum atomic E-state index is 11.9. The van der Waals surface area contributed by atoms with E-state index >= 15 is 0 Å². The van der Waals surface area contributed by atoms with Crippen molar-refractivity contribution in [3.63, 3.8) is 0 Å². The summed E-state index contributed by atoms with van der Waals surface area (Å²) in [5.74, 6) is 2.12. The van der Waals surface area contributed by atoms with Gasteiger partial charge in [0.05, 0.1) is 24.4 Å². The molecule has 9 nitrogen and oxygen atoms in total. The summed E-state index contributed by atoms with van der Waals surface area (Å²) >= 11 is 0. The van der Waals surface area contributed by atoms with Crippen LogP contribution < -0.4 is 5.73 Å². The van der Waals surface area contributed by atoms with Crippen molar-refractivity contribution in [3.8, 4) is 0 Å². The van der Waals surface area contributed by atoms with Gasteiger partial charge in [-0.1, -0.05) is 0 Å². The summed E-state index contributed by atoms with van der Waals surface area (Å²) in [6.45, 7) is 3.86. The molecule has 6 rings (SSSR count). The number of ether oxygens (including phenoxy) is 5. The molecule has 220 valence electrons. The van der Waals surface area contributed by atoms with Crippen molar-refractivity contribution in [3.05, 3.63) is 11.6 Å². The molecule has 6 aliphatic rings. The van der Waals surface area contributed by atoms with Crippen LogP contribution in [0.3, 0.4) is 0 Å². The van der Waals surface area contributed by atoms with Gasteiger partial charge in [0.15, 0.2) is 12.6 Å². The highest BCUT2D eigenvalue weighted by Gasteiger charge is 2.61. The van der Waals surface area contributed by atoms with E-state index in [0.717, 1.165) is 56.9 Å². The van der Waals surface area contributed by atoms with Gasteiger partial charge in [-0.25, -0.2) is 4.79 Å². The van der Waals surface area contributed by atoms with E-state index in [9.17, 15) is 15.0 Å². The van der Waals surface area contributed by atoms with Gasteiger partial charge in [0.25, 0.3) is 0 Å². The maximum Gasteiger partial charge on any atom is 0.331 e. The molecule has 9 unspecified atom stereocenters. The second-order valence-corrected chi connectivity index (χ2v) is 13.2. The number of hydrogen-bond acceptors (Lipinski definition) is 9. The minimum absolute atomic E-state index is 0.0756. The van der Waals surface area contributed by atoms with E-state index in [-0.39, 0.29) is 48.1 Å². The number of hydrogen-bond donors (Lipinski definition) is 3. The molecule has 2 heterocycles. The zero-order valence-electron chi connectivity index (χ0n) is 23.6. The van der Waals surface area contributed by atoms with Crippen LogP contribution in [0.2, 0.25) is 0 Å². The van der Waals surface area contributed by atoms with Gasteiger partial charge in [0.2, 0.25) is 0 Å². The summed E-state index contributed by atoms with van der Waals surface area (Å²) in [4.78, 5) is 11.9. The number of esters is 1. The lowest BCUT2D eigenvalue weighted by molar-refractivity contribution is -0.268. The number of aliphatic hydroxyl groups is 2. The molecule has 39 heavy (non-hydrogen) atoms. The Hall–Kier alpha value is -1.07.